The van der Waals surface area contributed by atoms with E-state index in [-0.39, 0.29) is 29.6 Å². The van der Waals surface area contributed by atoms with Crippen LogP contribution in [0.25, 0.3) is 0 Å². The number of nitrogens with zero attached hydrogens (tertiary/aromatic N) is 2. The van der Waals surface area contributed by atoms with E-state index in [4.69, 9.17) is 16.3 Å². The first-order chi connectivity index (χ1) is 13.8. The minimum absolute atomic E-state index is 0.0878. The van der Waals surface area contributed by atoms with Crippen molar-refractivity contribution >= 4 is 39.3 Å². The molecule has 1 atom stereocenters. The molecular formula is C20H18BrClF2N2O3. The highest BCUT2D eigenvalue weighted by Gasteiger charge is 2.29. The number of hydrogen-bond acceptors (Lipinski definition) is 3. The average molecular weight is 488 g/mol. The molecule has 9 heteroatoms. The highest BCUT2D eigenvalue weighted by Crippen LogP contribution is 2.27. The van der Waals surface area contributed by atoms with Gasteiger partial charge in [-0.15, -0.1) is 0 Å². The maximum absolute atomic E-state index is 13.9. The van der Waals surface area contributed by atoms with Gasteiger partial charge < -0.3 is 14.5 Å². The molecule has 0 aromatic heterocycles. The molecule has 2 aromatic carbocycles. The van der Waals surface area contributed by atoms with Gasteiger partial charge in [-0.25, -0.2) is 8.78 Å². The Morgan fingerprint density at radius 2 is 1.72 bits per heavy atom. The summed E-state index contributed by atoms with van der Waals surface area (Å²) in [6, 6.07) is 7.78. The summed E-state index contributed by atoms with van der Waals surface area (Å²) in [6.45, 7) is 2.74. The van der Waals surface area contributed by atoms with Gasteiger partial charge in [0.25, 0.3) is 11.8 Å². The number of rotatable bonds is 4. The molecule has 1 fully saturated rings. The van der Waals surface area contributed by atoms with E-state index in [0.717, 1.165) is 6.07 Å². The summed E-state index contributed by atoms with van der Waals surface area (Å²) in [5.41, 5.74) is -0.0878. The van der Waals surface area contributed by atoms with Gasteiger partial charge >= 0.3 is 0 Å². The van der Waals surface area contributed by atoms with Crippen molar-refractivity contribution in [1.29, 1.82) is 0 Å². The zero-order chi connectivity index (χ0) is 21.1. The first-order valence-corrected chi connectivity index (χ1v) is 10.1. The summed E-state index contributed by atoms with van der Waals surface area (Å²) in [5.74, 6) is -1.40. The van der Waals surface area contributed by atoms with E-state index in [2.05, 4.69) is 15.9 Å². The van der Waals surface area contributed by atoms with Crippen molar-refractivity contribution in [3.8, 4) is 5.75 Å². The molecule has 0 radical (unpaired) electrons. The fourth-order valence-corrected chi connectivity index (χ4v) is 3.65. The summed E-state index contributed by atoms with van der Waals surface area (Å²) >= 11 is 9.06. The van der Waals surface area contributed by atoms with Crippen molar-refractivity contribution in [2.24, 2.45) is 0 Å². The molecule has 2 amide bonds. The van der Waals surface area contributed by atoms with Gasteiger partial charge in [-0.3, -0.25) is 9.59 Å². The van der Waals surface area contributed by atoms with Crippen molar-refractivity contribution in [1.82, 2.24) is 9.80 Å². The highest BCUT2D eigenvalue weighted by molar-refractivity contribution is 9.10. The van der Waals surface area contributed by atoms with Gasteiger partial charge in [0.05, 0.1) is 10.0 Å². The molecule has 29 heavy (non-hydrogen) atoms. The standard InChI is InChI=1S/C20H18BrClF2N2O3/c1-12(29-18-5-3-14(23)11-16(18)21)19(27)25-6-8-26(9-7-25)20(28)15-10-13(22)2-4-17(15)24/h2-5,10-12H,6-9H2,1H3. The zero-order valence-corrected chi connectivity index (χ0v) is 17.8. The fraction of sp³-hybridized carbons (Fsp3) is 0.300. The van der Waals surface area contributed by atoms with Crippen LogP contribution < -0.4 is 4.74 Å². The molecular weight excluding hydrogens is 470 g/mol. The predicted octanol–water partition coefficient (Wildman–Crippen LogP) is 4.13. The van der Waals surface area contributed by atoms with Crippen LogP contribution in [-0.4, -0.2) is 53.9 Å². The van der Waals surface area contributed by atoms with Crippen molar-refractivity contribution in [3.05, 3.63) is 63.1 Å². The van der Waals surface area contributed by atoms with E-state index in [9.17, 15) is 18.4 Å². The van der Waals surface area contributed by atoms with Crippen LogP contribution in [-0.2, 0) is 4.79 Å². The van der Waals surface area contributed by atoms with Gasteiger partial charge in [0.15, 0.2) is 6.10 Å². The van der Waals surface area contributed by atoms with Gasteiger partial charge in [0.2, 0.25) is 0 Å². The molecule has 0 N–H and O–H groups in total. The van der Waals surface area contributed by atoms with E-state index >= 15 is 0 Å². The third-order valence-electron chi connectivity index (χ3n) is 4.58. The summed E-state index contributed by atoms with van der Waals surface area (Å²) in [6.07, 6.45) is -0.788. The Labute approximate surface area is 180 Å². The summed E-state index contributed by atoms with van der Waals surface area (Å²) < 4.78 is 33.2. The number of benzene rings is 2. The van der Waals surface area contributed by atoms with Crippen molar-refractivity contribution < 1.29 is 23.1 Å². The van der Waals surface area contributed by atoms with Crippen molar-refractivity contribution in [2.45, 2.75) is 13.0 Å². The lowest BCUT2D eigenvalue weighted by atomic mass is 10.1. The van der Waals surface area contributed by atoms with E-state index in [1.54, 1.807) is 11.8 Å². The Morgan fingerprint density at radius 1 is 1.07 bits per heavy atom. The van der Waals surface area contributed by atoms with Gasteiger partial charge in [0.1, 0.15) is 17.4 Å². The van der Waals surface area contributed by atoms with E-state index < -0.39 is 23.6 Å². The minimum Gasteiger partial charge on any atom is -0.480 e. The Kier molecular flexibility index (Phi) is 6.74. The SMILES string of the molecule is CC(Oc1ccc(F)cc1Br)C(=O)N1CCN(C(=O)c2cc(Cl)ccc2F)CC1. The molecule has 5 nitrogen and oxygen atoms in total. The lowest BCUT2D eigenvalue weighted by Crippen LogP contribution is -2.53. The molecule has 0 spiro atoms. The number of hydrogen-bond donors (Lipinski definition) is 0. The number of halogens is 4. The zero-order valence-electron chi connectivity index (χ0n) is 15.5. The van der Waals surface area contributed by atoms with Gasteiger partial charge in [0, 0.05) is 31.2 Å². The predicted molar refractivity (Wildman–Crippen MR) is 108 cm³/mol. The lowest BCUT2D eigenvalue weighted by molar-refractivity contribution is -0.139. The molecule has 1 unspecified atom stereocenters. The van der Waals surface area contributed by atoms with Crippen LogP contribution in [0, 0.1) is 11.6 Å². The fourth-order valence-electron chi connectivity index (χ4n) is 3.03. The number of amides is 2. The van der Waals surface area contributed by atoms with Crippen LogP contribution in [0.1, 0.15) is 17.3 Å². The van der Waals surface area contributed by atoms with Crippen LogP contribution >= 0.6 is 27.5 Å². The maximum atomic E-state index is 13.9. The molecule has 2 aromatic rings. The summed E-state index contributed by atoms with van der Waals surface area (Å²) in [5, 5.41) is 0.279. The summed E-state index contributed by atoms with van der Waals surface area (Å²) in [7, 11) is 0. The third-order valence-corrected chi connectivity index (χ3v) is 5.44. The molecule has 1 saturated heterocycles. The number of carbonyl (C=O) groups is 2. The van der Waals surface area contributed by atoms with Crippen LogP contribution in [0.3, 0.4) is 0 Å². The monoisotopic (exact) mass is 486 g/mol. The second kappa shape index (κ2) is 9.09. The first kappa shape index (κ1) is 21.5. The van der Waals surface area contributed by atoms with Crippen LogP contribution in [0.2, 0.25) is 5.02 Å². The Balaban J connectivity index is 1.58. The van der Waals surface area contributed by atoms with Crippen molar-refractivity contribution in [3.63, 3.8) is 0 Å². The molecule has 0 saturated carbocycles. The quantitative estimate of drug-likeness (QED) is 0.652. The molecule has 1 heterocycles. The van der Waals surface area contributed by atoms with Gasteiger partial charge in [-0.2, -0.15) is 0 Å². The molecule has 3 rings (SSSR count). The smallest absolute Gasteiger partial charge is 0.263 e. The van der Waals surface area contributed by atoms with Gasteiger partial charge in [-0.1, -0.05) is 11.6 Å². The average Bonchev–Trinajstić information content (AvgIpc) is 2.71. The molecule has 0 aliphatic carbocycles. The second-order valence-corrected chi connectivity index (χ2v) is 7.87. The van der Waals surface area contributed by atoms with E-state index in [1.807, 2.05) is 0 Å². The van der Waals surface area contributed by atoms with E-state index in [0.29, 0.717) is 23.3 Å². The van der Waals surface area contributed by atoms with Crippen molar-refractivity contribution in [2.75, 3.05) is 26.2 Å². The first-order valence-electron chi connectivity index (χ1n) is 8.91. The molecule has 1 aliphatic rings. The van der Waals surface area contributed by atoms with Crippen LogP contribution in [0.15, 0.2) is 40.9 Å². The molecule has 1 aliphatic heterocycles. The number of ether oxygens (including phenoxy) is 1. The highest BCUT2D eigenvalue weighted by atomic mass is 79.9. The van der Waals surface area contributed by atoms with Crippen LogP contribution in [0.5, 0.6) is 5.75 Å². The second-order valence-electron chi connectivity index (χ2n) is 6.58. The maximum Gasteiger partial charge on any atom is 0.263 e. The number of piperazine rings is 1. The lowest BCUT2D eigenvalue weighted by Gasteiger charge is -2.36. The largest absolute Gasteiger partial charge is 0.480 e. The van der Waals surface area contributed by atoms with E-state index in [1.165, 1.54) is 35.2 Å². The number of carbonyl (C=O) groups excluding carboxylic acids is 2. The Hall–Kier alpha value is -2.19. The Bertz CT molecular complexity index is 936. The molecule has 154 valence electrons. The minimum atomic E-state index is -0.788. The van der Waals surface area contributed by atoms with Crippen LogP contribution in [0.4, 0.5) is 8.78 Å². The van der Waals surface area contributed by atoms with Gasteiger partial charge in [-0.05, 0) is 59.3 Å². The normalized spacial score (nSPS) is 15.2. The third kappa shape index (κ3) is 5.05. The molecule has 0 bridgehead atoms. The Morgan fingerprint density at radius 3 is 2.38 bits per heavy atom. The topological polar surface area (TPSA) is 49.9 Å². The summed E-state index contributed by atoms with van der Waals surface area (Å²) in [4.78, 5) is 28.3.